The maximum absolute atomic E-state index is 12.3. The van der Waals surface area contributed by atoms with Crippen LogP contribution in [0.1, 0.15) is 17.0 Å². The van der Waals surface area contributed by atoms with Gasteiger partial charge in [-0.3, -0.25) is 4.79 Å². The highest BCUT2D eigenvalue weighted by Crippen LogP contribution is 2.23. The van der Waals surface area contributed by atoms with Crippen LogP contribution in [0.25, 0.3) is 11.1 Å². The summed E-state index contributed by atoms with van der Waals surface area (Å²) in [5.74, 6) is 1.18. The molecule has 0 fully saturated rings. The molecule has 0 unspecified atom stereocenters. The van der Waals surface area contributed by atoms with Crippen LogP contribution in [-0.2, 0) is 11.4 Å². The van der Waals surface area contributed by atoms with Crippen molar-refractivity contribution in [2.45, 2.75) is 25.7 Å². The summed E-state index contributed by atoms with van der Waals surface area (Å²) in [5.41, 5.74) is 5.13. The predicted octanol–water partition coefficient (Wildman–Crippen LogP) is 5.66. The molecule has 1 N–H and O–H groups in total. The standard InChI is InChI=1S/C25H23N3O3S/c1-17-8-9-18(2)22(14-17)30-15-24-27-28-25(31-24)32-16-23(29)26-21-12-10-20(11-13-21)19-6-4-3-5-7-19/h3-14H,15-16H2,1-2H3,(H,26,29). The Hall–Kier alpha value is -3.58. The van der Waals surface area contributed by atoms with Gasteiger partial charge in [-0.2, -0.15) is 0 Å². The van der Waals surface area contributed by atoms with Crippen molar-refractivity contribution in [2.75, 3.05) is 11.1 Å². The molecular formula is C25H23N3O3S. The molecule has 4 aromatic rings. The van der Waals surface area contributed by atoms with Crippen molar-refractivity contribution in [1.29, 1.82) is 0 Å². The summed E-state index contributed by atoms with van der Waals surface area (Å²) >= 11 is 1.19. The van der Waals surface area contributed by atoms with Crippen LogP contribution < -0.4 is 10.1 Å². The molecule has 0 radical (unpaired) electrons. The van der Waals surface area contributed by atoms with E-state index < -0.39 is 0 Å². The van der Waals surface area contributed by atoms with Gasteiger partial charge in [0.15, 0.2) is 6.61 Å². The predicted molar refractivity (Wildman–Crippen MR) is 126 cm³/mol. The van der Waals surface area contributed by atoms with Gasteiger partial charge in [0.05, 0.1) is 5.75 Å². The van der Waals surface area contributed by atoms with Crippen molar-refractivity contribution in [3.05, 3.63) is 89.8 Å². The average molecular weight is 446 g/mol. The summed E-state index contributed by atoms with van der Waals surface area (Å²) in [6.07, 6.45) is 0. The van der Waals surface area contributed by atoms with Crippen molar-refractivity contribution in [3.8, 4) is 16.9 Å². The quantitative estimate of drug-likeness (QED) is 0.353. The Morgan fingerprint density at radius 1 is 0.969 bits per heavy atom. The minimum Gasteiger partial charge on any atom is -0.484 e. The lowest BCUT2D eigenvalue weighted by Crippen LogP contribution is -2.13. The third kappa shape index (κ3) is 5.76. The molecule has 1 heterocycles. The lowest BCUT2D eigenvalue weighted by atomic mass is 10.1. The van der Waals surface area contributed by atoms with E-state index >= 15 is 0 Å². The molecule has 0 spiro atoms. The van der Waals surface area contributed by atoms with E-state index in [0.29, 0.717) is 11.1 Å². The van der Waals surface area contributed by atoms with E-state index in [4.69, 9.17) is 9.15 Å². The van der Waals surface area contributed by atoms with Crippen LogP contribution in [0.5, 0.6) is 5.75 Å². The zero-order valence-electron chi connectivity index (χ0n) is 17.9. The number of rotatable bonds is 8. The number of nitrogens with zero attached hydrogens (tertiary/aromatic N) is 2. The Kier molecular flexibility index (Phi) is 6.87. The number of carbonyl (C=O) groups excluding carboxylic acids is 1. The molecule has 3 aromatic carbocycles. The Balaban J connectivity index is 1.25. The summed E-state index contributed by atoms with van der Waals surface area (Å²) in [4.78, 5) is 12.3. The number of aryl methyl sites for hydroxylation is 2. The fraction of sp³-hybridized carbons (Fsp3) is 0.160. The number of carbonyl (C=O) groups is 1. The number of ether oxygens (including phenoxy) is 1. The Morgan fingerprint density at radius 2 is 1.72 bits per heavy atom. The largest absolute Gasteiger partial charge is 0.484 e. The first-order chi connectivity index (χ1) is 15.6. The van der Waals surface area contributed by atoms with Crippen molar-refractivity contribution in [1.82, 2.24) is 10.2 Å². The van der Waals surface area contributed by atoms with E-state index in [2.05, 4.69) is 27.6 Å². The zero-order chi connectivity index (χ0) is 22.3. The van der Waals surface area contributed by atoms with Gasteiger partial charge in [-0.05, 0) is 54.3 Å². The van der Waals surface area contributed by atoms with Crippen molar-refractivity contribution in [3.63, 3.8) is 0 Å². The molecule has 0 saturated carbocycles. The van der Waals surface area contributed by atoms with Gasteiger partial charge >= 0.3 is 0 Å². The van der Waals surface area contributed by atoms with E-state index in [9.17, 15) is 4.79 Å². The number of hydrogen-bond donors (Lipinski definition) is 1. The Labute approximate surface area is 191 Å². The van der Waals surface area contributed by atoms with Crippen LogP contribution in [0.15, 0.2) is 82.4 Å². The van der Waals surface area contributed by atoms with Crippen LogP contribution in [0.4, 0.5) is 5.69 Å². The molecule has 6 nitrogen and oxygen atoms in total. The van der Waals surface area contributed by atoms with Crippen molar-refractivity contribution in [2.24, 2.45) is 0 Å². The lowest BCUT2D eigenvalue weighted by Gasteiger charge is -2.07. The minimum atomic E-state index is -0.145. The summed E-state index contributed by atoms with van der Waals surface area (Å²) in [7, 11) is 0. The van der Waals surface area contributed by atoms with Crippen LogP contribution >= 0.6 is 11.8 Å². The highest BCUT2D eigenvalue weighted by atomic mass is 32.2. The summed E-state index contributed by atoms with van der Waals surface area (Å²) < 4.78 is 11.4. The zero-order valence-corrected chi connectivity index (χ0v) is 18.7. The van der Waals surface area contributed by atoms with Crippen molar-refractivity contribution < 1.29 is 13.9 Å². The third-order valence-corrected chi connectivity index (χ3v) is 5.56. The van der Waals surface area contributed by atoms with E-state index in [1.54, 1.807) is 0 Å². The first kappa shape index (κ1) is 21.6. The molecule has 1 amide bonds. The number of hydrogen-bond acceptors (Lipinski definition) is 6. The van der Waals surface area contributed by atoms with Crippen molar-refractivity contribution >= 4 is 23.4 Å². The van der Waals surface area contributed by atoms with Gasteiger partial charge in [0.2, 0.25) is 5.91 Å². The monoisotopic (exact) mass is 445 g/mol. The SMILES string of the molecule is Cc1ccc(C)c(OCc2nnc(SCC(=O)Nc3ccc(-c4ccccc4)cc3)o2)c1. The highest BCUT2D eigenvalue weighted by Gasteiger charge is 2.11. The molecule has 0 aliphatic heterocycles. The molecule has 32 heavy (non-hydrogen) atoms. The molecule has 7 heteroatoms. The average Bonchev–Trinajstić information content (AvgIpc) is 3.27. The lowest BCUT2D eigenvalue weighted by molar-refractivity contribution is -0.113. The van der Waals surface area contributed by atoms with Crippen LogP contribution in [0.3, 0.4) is 0 Å². The maximum atomic E-state index is 12.3. The minimum absolute atomic E-state index is 0.145. The summed E-state index contributed by atoms with van der Waals surface area (Å²) in [6.45, 7) is 4.17. The molecule has 0 aliphatic rings. The molecule has 4 rings (SSSR count). The van der Waals surface area contributed by atoms with Gasteiger partial charge in [0.25, 0.3) is 11.1 Å². The van der Waals surface area contributed by atoms with Crippen LogP contribution in [0, 0.1) is 13.8 Å². The van der Waals surface area contributed by atoms with E-state index in [-0.39, 0.29) is 18.3 Å². The van der Waals surface area contributed by atoms with Crippen LogP contribution in [-0.4, -0.2) is 21.9 Å². The topological polar surface area (TPSA) is 77.2 Å². The maximum Gasteiger partial charge on any atom is 0.277 e. The first-order valence-electron chi connectivity index (χ1n) is 10.2. The van der Waals surface area contributed by atoms with Gasteiger partial charge in [-0.25, -0.2) is 0 Å². The molecule has 0 atom stereocenters. The fourth-order valence-electron chi connectivity index (χ4n) is 3.06. The number of benzene rings is 3. The van der Waals surface area contributed by atoms with Gasteiger partial charge in [0, 0.05) is 5.69 Å². The molecule has 0 saturated heterocycles. The molecule has 0 bridgehead atoms. The van der Waals surface area contributed by atoms with E-state index in [0.717, 1.165) is 33.7 Å². The van der Waals surface area contributed by atoms with Gasteiger partial charge in [-0.1, -0.05) is 66.4 Å². The Bertz CT molecular complexity index is 1190. The second-order valence-electron chi connectivity index (χ2n) is 7.30. The number of amides is 1. The molecule has 162 valence electrons. The van der Waals surface area contributed by atoms with E-state index in [1.165, 1.54) is 11.8 Å². The van der Waals surface area contributed by atoms with Gasteiger partial charge in [0.1, 0.15) is 5.75 Å². The third-order valence-electron chi connectivity index (χ3n) is 4.75. The summed E-state index contributed by atoms with van der Waals surface area (Å²) in [5, 5.41) is 11.2. The van der Waals surface area contributed by atoms with Crippen LogP contribution in [0.2, 0.25) is 0 Å². The fourth-order valence-corrected chi connectivity index (χ4v) is 3.64. The smallest absolute Gasteiger partial charge is 0.277 e. The number of thioether (sulfide) groups is 1. The number of aromatic nitrogens is 2. The van der Waals surface area contributed by atoms with Gasteiger partial charge in [-0.15, -0.1) is 10.2 Å². The number of anilines is 1. The molecule has 1 aromatic heterocycles. The second-order valence-corrected chi connectivity index (χ2v) is 8.23. The second kappa shape index (κ2) is 10.2. The van der Waals surface area contributed by atoms with E-state index in [1.807, 2.05) is 74.5 Å². The summed E-state index contributed by atoms with van der Waals surface area (Å²) in [6, 6.07) is 23.9. The first-order valence-corrected chi connectivity index (χ1v) is 11.2. The normalized spacial score (nSPS) is 10.7. The highest BCUT2D eigenvalue weighted by molar-refractivity contribution is 7.99. The van der Waals surface area contributed by atoms with Gasteiger partial charge < -0.3 is 14.5 Å². The Morgan fingerprint density at radius 3 is 2.50 bits per heavy atom. The number of nitrogens with one attached hydrogen (secondary N) is 1. The molecule has 0 aliphatic carbocycles. The molecular weight excluding hydrogens is 422 g/mol.